The van der Waals surface area contributed by atoms with E-state index in [9.17, 15) is 14.7 Å². The van der Waals surface area contributed by atoms with Crippen molar-refractivity contribution in [3.63, 3.8) is 0 Å². The maximum atomic E-state index is 13.6. The predicted octanol–water partition coefficient (Wildman–Crippen LogP) is 4.14. The summed E-state index contributed by atoms with van der Waals surface area (Å²) in [5.41, 5.74) is 3.65. The zero-order chi connectivity index (χ0) is 24.3. The van der Waals surface area contributed by atoms with Crippen molar-refractivity contribution in [1.82, 2.24) is 9.55 Å². The van der Waals surface area contributed by atoms with Crippen LogP contribution in [-0.2, 0) is 28.3 Å². The van der Waals surface area contributed by atoms with E-state index in [1.165, 1.54) is 12.8 Å². The Labute approximate surface area is 202 Å². The van der Waals surface area contributed by atoms with Crippen molar-refractivity contribution in [2.75, 3.05) is 11.4 Å². The number of aliphatic imine (C=N–C) groups is 1. The highest BCUT2D eigenvalue weighted by Crippen LogP contribution is 2.46. The number of anilines is 1. The zero-order valence-electron chi connectivity index (χ0n) is 20.0. The Bertz CT molecular complexity index is 1470. The molecule has 0 spiro atoms. The van der Waals surface area contributed by atoms with Crippen LogP contribution in [0.25, 0.3) is 22.3 Å². The van der Waals surface area contributed by atoms with Gasteiger partial charge in [0.15, 0.2) is 5.60 Å². The van der Waals surface area contributed by atoms with Gasteiger partial charge in [-0.3, -0.25) is 4.79 Å². The molecule has 0 aliphatic carbocycles. The molecule has 8 nitrogen and oxygen atoms in total. The van der Waals surface area contributed by atoms with Gasteiger partial charge in [-0.05, 0) is 31.0 Å². The molecule has 3 aliphatic heterocycles. The largest absolute Gasteiger partial charge is 0.458 e. The second kappa shape index (κ2) is 8.02. The number of carbonyl (C=O) groups is 1. The second-order valence-electron chi connectivity index (χ2n) is 9.56. The Balaban J connectivity index is 1.55. The minimum atomic E-state index is -1.83. The molecule has 8 heteroatoms. The molecule has 1 aromatic carbocycles. The number of nitrogens with zero attached hydrogens (tertiary/aromatic N) is 4. The van der Waals surface area contributed by atoms with Crippen LogP contribution in [0.15, 0.2) is 34.1 Å². The average Bonchev–Trinajstić information content (AvgIpc) is 3.24. The van der Waals surface area contributed by atoms with Crippen molar-refractivity contribution >= 4 is 34.6 Å². The van der Waals surface area contributed by atoms with Gasteiger partial charge in [-0.1, -0.05) is 39.2 Å². The molecule has 180 valence electrons. The Hall–Kier alpha value is -3.52. The SMILES string of the molecule is CCCCCCN1C=Nc2cccc3nc4c(c1c23)Cn1c-4cc2c(c1=O)COC(=O)C2(O)CC. The van der Waals surface area contributed by atoms with E-state index in [0.29, 0.717) is 23.4 Å². The molecular formula is C27H28N4O4. The molecule has 1 N–H and O–H groups in total. The van der Waals surface area contributed by atoms with Crippen molar-refractivity contribution in [2.45, 2.75) is 64.7 Å². The summed E-state index contributed by atoms with van der Waals surface area (Å²) < 4.78 is 6.90. The molecule has 0 saturated heterocycles. The first kappa shape index (κ1) is 22.0. The molecule has 1 atom stereocenters. The van der Waals surface area contributed by atoms with Crippen LogP contribution in [0.1, 0.15) is 62.6 Å². The van der Waals surface area contributed by atoms with E-state index in [0.717, 1.165) is 52.9 Å². The van der Waals surface area contributed by atoms with Gasteiger partial charge in [-0.25, -0.2) is 14.8 Å². The number of ether oxygens (including phenoxy) is 1. The Morgan fingerprint density at radius 3 is 2.80 bits per heavy atom. The van der Waals surface area contributed by atoms with Crippen molar-refractivity contribution in [2.24, 2.45) is 4.99 Å². The predicted molar refractivity (Wildman–Crippen MR) is 134 cm³/mol. The molecule has 3 aromatic rings. The first-order valence-electron chi connectivity index (χ1n) is 12.4. The number of pyridine rings is 2. The van der Waals surface area contributed by atoms with Crippen LogP contribution in [0, 0.1) is 0 Å². The standard InChI is InChI=1S/C27H28N4O4/c1-3-5-6-7-11-30-15-28-19-9-8-10-20-22(19)24(30)16-13-31-21(23(16)29-20)12-18-17(25(31)32)14-35-26(33)27(18,34)4-2/h8-10,12,15,34H,3-7,11,13-14H2,1-2H3. The van der Waals surface area contributed by atoms with Crippen LogP contribution in [0.5, 0.6) is 0 Å². The highest BCUT2D eigenvalue weighted by atomic mass is 16.6. The third-order valence-electron chi connectivity index (χ3n) is 7.54. The first-order valence-corrected chi connectivity index (χ1v) is 12.4. The van der Waals surface area contributed by atoms with Crippen LogP contribution in [0.4, 0.5) is 11.4 Å². The number of cyclic esters (lactones) is 1. The summed E-state index contributed by atoms with van der Waals surface area (Å²) in [4.78, 5) is 37.9. The number of hydrogen-bond donors (Lipinski definition) is 1. The normalized spacial score (nSPS) is 19.5. The van der Waals surface area contributed by atoms with Gasteiger partial charge in [0.2, 0.25) is 0 Å². The lowest BCUT2D eigenvalue weighted by Crippen LogP contribution is -2.44. The minimum absolute atomic E-state index is 0.121. The Kier molecular flexibility index (Phi) is 5.03. The van der Waals surface area contributed by atoms with Gasteiger partial charge >= 0.3 is 5.97 Å². The molecule has 2 aromatic heterocycles. The molecule has 0 radical (unpaired) electrons. The van der Waals surface area contributed by atoms with E-state index in [-0.39, 0.29) is 18.6 Å². The monoisotopic (exact) mass is 472 g/mol. The second-order valence-corrected chi connectivity index (χ2v) is 9.56. The summed E-state index contributed by atoms with van der Waals surface area (Å²) in [5, 5.41) is 12.1. The fourth-order valence-corrected chi connectivity index (χ4v) is 5.58. The maximum absolute atomic E-state index is 13.6. The van der Waals surface area contributed by atoms with E-state index >= 15 is 0 Å². The molecular weight excluding hydrogens is 444 g/mol. The Morgan fingerprint density at radius 2 is 2.00 bits per heavy atom. The number of unbranched alkanes of at least 4 members (excludes halogenated alkanes) is 3. The van der Waals surface area contributed by atoms with Crippen LogP contribution < -0.4 is 10.5 Å². The van der Waals surface area contributed by atoms with Crippen molar-refractivity contribution in [3.8, 4) is 11.4 Å². The number of benzene rings is 1. The van der Waals surface area contributed by atoms with E-state index in [4.69, 9.17) is 14.7 Å². The number of esters is 1. The molecule has 3 aliphatic rings. The zero-order valence-corrected chi connectivity index (χ0v) is 20.0. The average molecular weight is 473 g/mol. The third kappa shape index (κ3) is 3.09. The maximum Gasteiger partial charge on any atom is 0.343 e. The van der Waals surface area contributed by atoms with Crippen LogP contribution in [0.2, 0.25) is 0 Å². The molecule has 35 heavy (non-hydrogen) atoms. The summed E-state index contributed by atoms with van der Waals surface area (Å²) in [6.45, 7) is 4.99. The van der Waals surface area contributed by atoms with Gasteiger partial charge in [0.1, 0.15) is 6.61 Å². The topological polar surface area (TPSA) is 97.0 Å². The van der Waals surface area contributed by atoms with E-state index in [1.807, 2.05) is 24.5 Å². The van der Waals surface area contributed by atoms with Crippen molar-refractivity contribution < 1.29 is 14.6 Å². The van der Waals surface area contributed by atoms with Crippen molar-refractivity contribution in [1.29, 1.82) is 0 Å². The molecule has 0 fully saturated rings. The highest BCUT2D eigenvalue weighted by Gasteiger charge is 2.45. The smallest absolute Gasteiger partial charge is 0.343 e. The quantitative estimate of drug-likeness (QED) is 0.335. The number of fused-ring (bicyclic) bond motifs is 5. The summed E-state index contributed by atoms with van der Waals surface area (Å²) in [7, 11) is 0. The fourth-order valence-electron chi connectivity index (χ4n) is 5.58. The van der Waals surface area contributed by atoms with Gasteiger partial charge in [0.05, 0.1) is 52.1 Å². The molecule has 1 unspecified atom stereocenters. The Morgan fingerprint density at radius 1 is 1.14 bits per heavy atom. The lowest BCUT2D eigenvalue weighted by Gasteiger charge is -2.31. The van der Waals surface area contributed by atoms with Gasteiger partial charge in [0.25, 0.3) is 5.56 Å². The number of rotatable bonds is 6. The third-order valence-corrected chi connectivity index (χ3v) is 7.54. The molecule has 0 amide bonds. The molecule has 5 heterocycles. The number of carbonyl (C=O) groups excluding carboxylic acids is 1. The van der Waals surface area contributed by atoms with Crippen LogP contribution in [0.3, 0.4) is 0 Å². The van der Waals surface area contributed by atoms with Gasteiger partial charge in [-0.15, -0.1) is 0 Å². The van der Waals surface area contributed by atoms with Crippen LogP contribution in [-0.4, -0.2) is 33.5 Å². The number of aromatic nitrogens is 2. The van der Waals surface area contributed by atoms with E-state index in [1.54, 1.807) is 17.6 Å². The van der Waals surface area contributed by atoms with Gasteiger partial charge < -0.3 is 19.3 Å². The number of aliphatic hydroxyl groups is 1. The highest BCUT2D eigenvalue weighted by molar-refractivity contribution is 6.11. The van der Waals surface area contributed by atoms with Gasteiger partial charge in [0, 0.05) is 17.7 Å². The van der Waals surface area contributed by atoms with Gasteiger partial charge in [-0.2, -0.15) is 0 Å². The van der Waals surface area contributed by atoms with Crippen LogP contribution >= 0.6 is 0 Å². The van der Waals surface area contributed by atoms with E-state index < -0.39 is 11.6 Å². The summed E-state index contributed by atoms with van der Waals surface area (Å²) in [6.07, 6.45) is 6.57. The minimum Gasteiger partial charge on any atom is -0.458 e. The molecule has 6 rings (SSSR count). The molecule has 0 bridgehead atoms. The van der Waals surface area contributed by atoms with E-state index in [2.05, 4.69) is 11.8 Å². The lowest BCUT2D eigenvalue weighted by molar-refractivity contribution is -0.172. The van der Waals surface area contributed by atoms with Crippen molar-refractivity contribution in [3.05, 3.63) is 51.3 Å². The first-order chi connectivity index (χ1) is 17.0. The molecule has 0 saturated carbocycles. The summed E-state index contributed by atoms with van der Waals surface area (Å²) >= 11 is 0. The fraction of sp³-hybridized carbons (Fsp3) is 0.407. The summed E-state index contributed by atoms with van der Waals surface area (Å²) in [6, 6.07) is 7.67. The number of hydrogen-bond acceptors (Lipinski definition) is 7. The lowest BCUT2D eigenvalue weighted by atomic mass is 9.86. The summed E-state index contributed by atoms with van der Waals surface area (Å²) in [5.74, 6) is -0.712.